The van der Waals surface area contributed by atoms with E-state index in [9.17, 15) is 9.59 Å². The van der Waals surface area contributed by atoms with E-state index in [0.717, 1.165) is 42.8 Å². The van der Waals surface area contributed by atoms with Gasteiger partial charge in [0.2, 0.25) is 5.91 Å². The summed E-state index contributed by atoms with van der Waals surface area (Å²) in [4.78, 5) is 29.3. The molecule has 152 valence electrons. The van der Waals surface area contributed by atoms with Crippen LogP contribution in [0.15, 0.2) is 29.8 Å². The minimum absolute atomic E-state index is 0.0438. The summed E-state index contributed by atoms with van der Waals surface area (Å²) in [6, 6.07) is 5.75. The van der Waals surface area contributed by atoms with Crippen LogP contribution >= 0.6 is 11.6 Å². The molecule has 0 N–H and O–H groups in total. The van der Waals surface area contributed by atoms with Crippen LogP contribution in [0.2, 0.25) is 5.02 Å². The second kappa shape index (κ2) is 9.10. The summed E-state index contributed by atoms with van der Waals surface area (Å²) >= 11 is 6.36. The molecule has 1 aromatic rings. The zero-order chi connectivity index (χ0) is 20.3. The molecular weight excluding hydrogens is 376 g/mol. The van der Waals surface area contributed by atoms with Crippen molar-refractivity contribution in [3.63, 3.8) is 0 Å². The predicted octanol–water partition coefficient (Wildman–Crippen LogP) is 3.35. The van der Waals surface area contributed by atoms with E-state index in [1.54, 1.807) is 13.2 Å². The molecule has 5 nitrogen and oxygen atoms in total. The number of Topliss-reactive ketones (excluding diaryl/α,β-unsaturated/α-hetero) is 1. The summed E-state index contributed by atoms with van der Waals surface area (Å²) in [5.74, 6) is 1.10. The lowest BCUT2D eigenvalue weighted by Crippen LogP contribution is -2.41. The number of nitrogens with zero attached hydrogens (tertiary/aromatic N) is 2. The van der Waals surface area contributed by atoms with Crippen LogP contribution in [0.5, 0.6) is 5.75 Å². The molecule has 2 unspecified atom stereocenters. The zero-order valence-corrected chi connectivity index (χ0v) is 17.7. The van der Waals surface area contributed by atoms with Crippen LogP contribution < -0.4 is 4.74 Å². The van der Waals surface area contributed by atoms with Crippen molar-refractivity contribution in [3.05, 3.63) is 40.4 Å². The average molecular weight is 405 g/mol. The molecule has 1 saturated carbocycles. The van der Waals surface area contributed by atoms with Crippen LogP contribution in [-0.4, -0.2) is 61.8 Å². The van der Waals surface area contributed by atoms with Gasteiger partial charge >= 0.3 is 0 Å². The Kier molecular flexibility index (Phi) is 6.78. The summed E-state index contributed by atoms with van der Waals surface area (Å²) in [5, 5.41) is 0.641. The van der Waals surface area contributed by atoms with Gasteiger partial charge in [-0.3, -0.25) is 9.59 Å². The minimum Gasteiger partial charge on any atom is -0.497 e. The number of likely N-dealkylation sites (N-methyl/N-ethyl adjacent to an activating group) is 1. The quantitative estimate of drug-likeness (QED) is 0.682. The van der Waals surface area contributed by atoms with Crippen LogP contribution in [0, 0.1) is 5.92 Å². The Morgan fingerprint density at radius 1 is 1.29 bits per heavy atom. The first-order valence-electron chi connectivity index (χ1n) is 9.89. The summed E-state index contributed by atoms with van der Waals surface area (Å²) in [6.07, 6.45) is 5.47. The number of ketones is 1. The Labute approximate surface area is 172 Å². The monoisotopic (exact) mass is 404 g/mol. The van der Waals surface area contributed by atoms with Crippen molar-refractivity contribution in [1.29, 1.82) is 0 Å². The Hall–Kier alpha value is -1.85. The number of hydrogen-bond acceptors (Lipinski definition) is 4. The highest BCUT2D eigenvalue weighted by Gasteiger charge is 2.38. The predicted molar refractivity (Wildman–Crippen MR) is 111 cm³/mol. The molecule has 2 atom stereocenters. The molecule has 28 heavy (non-hydrogen) atoms. The van der Waals surface area contributed by atoms with Gasteiger partial charge in [-0.05, 0) is 63.0 Å². The molecule has 1 aliphatic heterocycles. The molecule has 1 aliphatic carbocycles. The van der Waals surface area contributed by atoms with E-state index in [-0.39, 0.29) is 23.7 Å². The molecule has 0 spiro atoms. The largest absolute Gasteiger partial charge is 0.497 e. The summed E-state index contributed by atoms with van der Waals surface area (Å²) < 4.78 is 5.20. The lowest BCUT2D eigenvalue weighted by Gasteiger charge is -2.32. The fourth-order valence-electron chi connectivity index (χ4n) is 4.08. The molecular formula is C22H29ClN2O3. The highest BCUT2D eigenvalue weighted by atomic mass is 35.5. The lowest BCUT2D eigenvalue weighted by molar-refractivity contribution is -0.134. The van der Waals surface area contributed by atoms with Gasteiger partial charge in [0.15, 0.2) is 5.78 Å². The Morgan fingerprint density at radius 2 is 2.07 bits per heavy atom. The molecule has 6 heteroatoms. The zero-order valence-electron chi connectivity index (χ0n) is 16.9. The van der Waals surface area contributed by atoms with Crippen LogP contribution in [0.3, 0.4) is 0 Å². The first-order valence-corrected chi connectivity index (χ1v) is 10.3. The summed E-state index contributed by atoms with van der Waals surface area (Å²) in [6.45, 7) is 1.51. The number of rotatable bonds is 6. The van der Waals surface area contributed by atoms with Gasteiger partial charge in [0, 0.05) is 36.5 Å². The van der Waals surface area contributed by atoms with Gasteiger partial charge in [-0.2, -0.15) is 0 Å². The van der Waals surface area contributed by atoms with Crippen LogP contribution in [0.1, 0.15) is 31.2 Å². The normalized spacial score (nSPS) is 24.5. The molecule has 0 radical (unpaired) electrons. The van der Waals surface area contributed by atoms with Crippen molar-refractivity contribution in [2.45, 2.75) is 38.1 Å². The summed E-state index contributed by atoms with van der Waals surface area (Å²) in [7, 11) is 5.58. The molecule has 1 heterocycles. The smallest absolute Gasteiger partial charge is 0.226 e. The van der Waals surface area contributed by atoms with E-state index in [2.05, 4.69) is 0 Å². The Balaban J connectivity index is 1.65. The number of carbonyl (C=O) groups is 2. The molecule has 1 amide bonds. The second-order valence-electron chi connectivity index (χ2n) is 7.99. The fourth-order valence-corrected chi connectivity index (χ4v) is 4.33. The number of likely N-dealkylation sites (tertiary alicyclic amines) is 1. The number of halogens is 1. The first-order chi connectivity index (χ1) is 13.4. The number of hydrogen-bond donors (Lipinski definition) is 0. The topological polar surface area (TPSA) is 49.9 Å². The highest BCUT2D eigenvalue weighted by molar-refractivity contribution is 6.31. The van der Waals surface area contributed by atoms with E-state index >= 15 is 0 Å². The van der Waals surface area contributed by atoms with Crippen LogP contribution in [0.4, 0.5) is 0 Å². The first kappa shape index (κ1) is 20.9. The SMILES string of the molecule is COc1ccc(CC2CCN(C3CCC(=O)/C(=C/CN(C)C)C3)C2=O)c(Cl)c1. The van der Waals surface area contributed by atoms with Crippen molar-refractivity contribution in [1.82, 2.24) is 9.80 Å². The van der Waals surface area contributed by atoms with E-state index < -0.39 is 0 Å². The molecule has 1 saturated heterocycles. The Bertz CT molecular complexity index is 775. The molecule has 1 aromatic carbocycles. The highest BCUT2D eigenvalue weighted by Crippen LogP contribution is 2.33. The number of benzene rings is 1. The molecule has 3 rings (SSSR count). The molecule has 0 bridgehead atoms. The second-order valence-corrected chi connectivity index (χ2v) is 8.40. The van der Waals surface area contributed by atoms with E-state index in [0.29, 0.717) is 24.3 Å². The van der Waals surface area contributed by atoms with E-state index in [1.165, 1.54) is 0 Å². The molecule has 2 fully saturated rings. The van der Waals surface area contributed by atoms with Crippen LogP contribution in [-0.2, 0) is 16.0 Å². The third-order valence-corrected chi connectivity index (χ3v) is 6.09. The number of carbonyl (C=O) groups excluding carboxylic acids is 2. The van der Waals surface area contributed by atoms with Gasteiger partial charge < -0.3 is 14.5 Å². The third-order valence-electron chi connectivity index (χ3n) is 5.74. The minimum atomic E-state index is -0.0438. The van der Waals surface area contributed by atoms with Gasteiger partial charge in [-0.25, -0.2) is 0 Å². The van der Waals surface area contributed by atoms with Gasteiger partial charge in [0.05, 0.1) is 7.11 Å². The molecule has 0 aromatic heterocycles. The lowest BCUT2D eigenvalue weighted by atomic mass is 9.88. The van der Waals surface area contributed by atoms with Crippen molar-refractivity contribution in [2.75, 3.05) is 34.3 Å². The number of ether oxygens (including phenoxy) is 1. The Morgan fingerprint density at radius 3 is 2.75 bits per heavy atom. The van der Waals surface area contributed by atoms with Crippen molar-refractivity contribution in [3.8, 4) is 5.75 Å². The van der Waals surface area contributed by atoms with Gasteiger partial charge in [0.1, 0.15) is 5.75 Å². The number of methoxy groups -OCH3 is 1. The van der Waals surface area contributed by atoms with Gasteiger partial charge in [-0.15, -0.1) is 0 Å². The van der Waals surface area contributed by atoms with Crippen LogP contribution in [0.25, 0.3) is 0 Å². The average Bonchev–Trinajstić information content (AvgIpc) is 3.03. The maximum absolute atomic E-state index is 13.0. The molecule has 2 aliphatic rings. The maximum Gasteiger partial charge on any atom is 0.226 e. The third kappa shape index (κ3) is 4.76. The van der Waals surface area contributed by atoms with E-state index in [4.69, 9.17) is 16.3 Å². The van der Waals surface area contributed by atoms with E-state index in [1.807, 2.05) is 42.1 Å². The van der Waals surface area contributed by atoms with Gasteiger partial charge in [0.25, 0.3) is 0 Å². The number of amides is 1. The van der Waals surface area contributed by atoms with Crippen molar-refractivity contribution < 1.29 is 14.3 Å². The summed E-state index contributed by atoms with van der Waals surface area (Å²) in [5.41, 5.74) is 1.85. The van der Waals surface area contributed by atoms with Crippen molar-refractivity contribution >= 4 is 23.3 Å². The fraction of sp³-hybridized carbons (Fsp3) is 0.545. The van der Waals surface area contributed by atoms with Crippen molar-refractivity contribution in [2.24, 2.45) is 5.92 Å². The standard InChI is InChI=1S/C22H29ClN2O3/c1-24(2)10-8-16-13-18(5-7-21(16)26)25-11-9-17(22(25)27)12-15-4-6-19(28-3)14-20(15)23/h4,6,8,14,17-18H,5,7,9-13H2,1-3H3/b16-8+. The maximum atomic E-state index is 13.0. The van der Waals surface area contributed by atoms with Gasteiger partial charge in [-0.1, -0.05) is 23.7 Å².